The fourth-order valence-corrected chi connectivity index (χ4v) is 2.97. The first-order valence-electron chi connectivity index (χ1n) is 5.82. The van der Waals surface area contributed by atoms with Crippen LogP contribution in [0.15, 0.2) is 23.1 Å². The quantitative estimate of drug-likeness (QED) is 0.871. The van der Waals surface area contributed by atoms with Gasteiger partial charge in [-0.2, -0.15) is 0 Å². The molecule has 3 N–H and O–H groups in total. The van der Waals surface area contributed by atoms with Crippen LogP contribution >= 0.6 is 12.4 Å². The summed E-state index contributed by atoms with van der Waals surface area (Å²) in [5.41, 5.74) is 6.12. The first-order chi connectivity index (χ1) is 8.28. The molecule has 0 saturated carbocycles. The summed E-state index contributed by atoms with van der Waals surface area (Å²) < 4.78 is 32.0. The minimum Gasteiger partial charge on any atom is -0.493 e. The number of hydrogen-bond acceptors (Lipinski definition) is 4. The van der Waals surface area contributed by atoms with E-state index in [0.29, 0.717) is 6.61 Å². The van der Waals surface area contributed by atoms with E-state index in [-0.39, 0.29) is 23.8 Å². The van der Waals surface area contributed by atoms with Crippen LogP contribution in [0.25, 0.3) is 0 Å². The van der Waals surface area contributed by atoms with Gasteiger partial charge in [0.15, 0.2) is 0 Å². The summed E-state index contributed by atoms with van der Waals surface area (Å²) in [5, 5.41) is 0. The predicted molar refractivity (Wildman–Crippen MR) is 76.3 cm³/mol. The molecule has 0 spiro atoms. The molecule has 0 atom stereocenters. The SMILES string of the molecule is CC(C)(N)CNS(=O)(=O)c1ccc2c(c1)CCO2.Cl. The third-order valence-electron chi connectivity index (χ3n) is 2.69. The van der Waals surface area contributed by atoms with Gasteiger partial charge in [0.25, 0.3) is 0 Å². The molecule has 19 heavy (non-hydrogen) atoms. The second-order valence-corrected chi connectivity index (χ2v) is 6.95. The summed E-state index contributed by atoms with van der Waals surface area (Å²) in [5.74, 6) is 0.771. The van der Waals surface area contributed by atoms with Crippen LogP contribution in [0.1, 0.15) is 19.4 Å². The average Bonchev–Trinajstić information content (AvgIpc) is 2.72. The standard InChI is InChI=1S/C12H18N2O3S.ClH/c1-12(2,13)8-14-18(15,16)10-3-4-11-9(7-10)5-6-17-11;/h3-4,7,14H,5-6,8,13H2,1-2H3;1H. The van der Waals surface area contributed by atoms with Crippen LogP contribution in [0.5, 0.6) is 5.75 Å². The molecule has 7 heteroatoms. The van der Waals surface area contributed by atoms with Crippen LogP contribution < -0.4 is 15.2 Å². The molecule has 0 aromatic heterocycles. The maximum atomic E-state index is 12.1. The van der Waals surface area contributed by atoms with Crippen LogP contribution in [-0.4, -0.2) is 27.1 Å². The van der Waals surface area contributed by atoms with E-state index in [1.165, 1.54) is 0 Å². The van der Waals surface area contributed by atoms with Crippen molar-refractivity contribution in [3.63, 3.8) is 0 Å². The van der Waals surface area contributed by atoms with Crippen molar-refractivity contribution in [2.45, 2.75) is 30.7 Å². The Kier molecular flexibility index (Phi) is 4.84. The van der Waals surface area contributed by atoms with Crippen LogP contribution in [-0.2, 0) is 16.4 Å². The maximum Gasteiger partial charge on any atom is 0.240 e. The molecule has 1 aromatic carbocycles. The highest BCUT2D eigenvalue weighted by Crippen LogP contribution is 2.27. The number of ether oxygens (including phenoxy) is 1. The maximum absolute atomic E-state index is 12.1. The molecule has 1 heterocycles. The molecular formula is C12H19ClN2O3S. The number of nitrogens with one attached hydrogen (secondary N) is 1. The zero-order chi connectivity index (χ0) is 13.4. The van der Waals surface area contributed by atoms with E-state index < -0.39 is 15.6 Å². The zero-order valence-corrected chi connectivity index (χ0v) is 12.6. The summed E-state index contributed by atoms with van der Waals surface area (Å²) in [7, 11) is -3.50. The number of benzene rings is 1. The largest absolute Gasteiger partial charge is 0.493 e. The minimum atomic E-state index is -3.50. The molecular weight excluding hydrogens is 288 g/mol. The van der Waals surface area contributed by atoms with E-state index in [0.717, 1.165) is 17.7 Å². The predicted octanol–water partition coefficient (Wildman–Crippen LogP) is 1.06. The molecule has 0 fully saturated rings. The lowest BCUT2D eigenvalue weighted by molar-refractivity contribution is 0.356. The van der Waals surface area contributed by atoms with Gasteiger partial charge in [-0.1, -0.05) is 0 Å². The molecule has 1 aromatic rings. The van der Waals surface area contributed by atoms with Crippen molar-refractivity contribution in [2.75, 3.05) is 13.2 Å². The van der Waals surface area contributed by atoms with E-state index in [1.807, 2.05) is 0 Å². The Morgan fingerprint density at radius 1 is 1.42 bits per heavy atom. The van der Waals surface area contributed by atoms with Gasteiger partial charge in [-0.05, 0) is 37.6 Å². The monoisotopic (exact) mass is 306 g/mol. The van der Waals surface area contributed by atoms with Crippen LogP contribution in [0.3, 0.4) is 0 Å². The molecule has 1 aliphatic rings. The lowest BCUT2D eigenvalue weighted by atomic mass is 10.1. The molecule has 108 valence electrons. The summed E-state index contributed by atoms with van der Waals surface area (Å²) >= 11 is 0. The van der Waals surface area contributed by atoms with Gasteiger partial charge >= 0.3 is 0 Å². The lowest BCUT2D eigenvalue weighted by Crippen LogP contribution is -2.45. The first kappa shape index (κ1) is 16.2. The van der Waals surface area contributed by atoms with Gasteiger partial charge in [0.1, 0.15) is 5.75 Å². The van der Waals surface area contributed by atoms with E-state index in [1.54, 1.807) is 32.0 Å². The first-order valence-corrected chi connectivity index (χ1v) is 7.30. The number of nitrogens with two attached hydrogens (primary N) is 1. The second kappa shape index (κ2) is 5.66. The fraction of sp³-hybridized carbons (Fsp3) is 0.500. The van der Waals surface area contributed by atoms with Crippen molar-refractivity contribution >= 4 is 22.4 Å². The van der Waals surface area contributed by atoms with Crippen molar-refractivity contribution in [1.82, 2.24) is 4.72 Å². The smallest absolute Gasteiger partial charge is 0.240 e. The van der Waals surface area contributed by atoms with Crippen LogP contribution in [0, 0.1) is 0 Å². The third kappa shape index (κ3) is 4.07. The molecule has 5 nitrogen and oxygen atoms in total. The topological polar surface area (TPSA) is 81.4 Å². The second-order valence-electron chi connectivity index (χ2n) is 5.18. The van der Waals surface area contributed by atoms with E-state index in [4.69, 9.17) is 10.5 Å². The summed E-state index contributed by atoms with van der Waals surface area (Å²) in [4.78, 5) is 0.260. The molecule has 0 unspecified atom stereocenters. The Balaban J connectivity index is 0.00000180. The lowest BCUT2D eigenvalue weighted by Gasteiger charge is -2.19. The summed E-state index contributed by atoms with van der Waals surface area (Å²) in [6, 6.07) is 4.91. The summed E-state index contributed by atoms with van der Waals surface area (Å²) in [6.45, 7) is 4.35. The van der Waals surface area contributed by atoms with Crippen molar-refractivity contribution in [1.29, 1.82) is 0 Å². The Morgan fingerprint density at radius 3 is 2.74 bits per heavy atom. The van der Waals surface area contributed by atoms with Crippen molar-refractivity contribution in [2.24, 2.45) is 5.73 Å². The molecule has 0 bridgehead atoms. The Morgan fingerprint density at radius 2 is 2.11 bits per heavy atom. The number of sulfonamides is 1. The molecule has 0 aliphatic carbocycles. The zero-order valence-electron chi connectivity index (χ0n) is 11.0. The van der Waals surface area contributed by atoms with Crippen molar-refractivity contribution in [3.05, 3.63) is 23.8 Å². The van der Waals surface area contributed by atoms with Gasteiger partial charge in [0, 0.05) is 18.5 Å². The van der Waals surface area contributed by atoms with Gasteiger partial charge < -0.3 is 10.5 Å². The Bertz CT molecular complexity index is 553. The highest BCUT2D eigenvalue weighted by atomic mass is 35.5. The fourth-order valence-electron chi connectivity index (χ4n) is 1.69. The Labute approximate surface area is 120 Å². The van der Waals surface area contributed by atoms with E-state index in [2.05, 4.69) is 4.72 Å². The average molecular weight is 307 g/mol. The van der Waals surface area contributed by atoms with Crippen molar-refractivity contribution < 1.29 is 13.2 Å². The number of rotatable bonds is 4. The molecule has 0 radical (unpaired) electrons. The van der Waals surface area contributed by atoms with Gasteiger partial charge in [-0.25, -0.2) is 13.1 Å². The highest BCUT2D eigenvalue weighted by molar-refractivity contribution is 7.89. The van der Waals surface area contributed by atoms with Crippen LogP contribution in [0.2, 0.25) is 0 Å². The number of hydrogen-bond donors (Lipinski definition) is 2. The van der Waals surface area contributed by atoms with Crippen LogP contribution in [0.4, 0.5) is 0 Å². The van der Waals surface area contributed by atoms with E-state index >= 15 is 0 Å². The number of fused-ring (bicyclic) bond motifs is 1. The Hall–Kier alpha value is -0.820. The normalized spacial score (nSPS) is 14.5. The molecule has 0 amide bonds. The number of halogens is 1. The van der Waals surface area contributed by atoms with Gasteiger partial charge in [-0.15, -0.1) is 12.4 Å². The van der Waals surface area contributed by atoms with E-state index in [9.17, 15) is 8.42 Å². The highest BCUT2D eigenvalue weighted by Gasteiger charge is 2.21. The minimum absolute atomic E-state index is 0. The van der Waals surface area contributed by atoms with Gasteiger partial charge in [0.05, 0.1) is 11.5 Å². The van der Waals surface area contributed by atoms with Gasteiger partial charge in [-0.3, -0.25) is 0 Å². The molecule has 2 rings (SSSR count). The summed E-state index contributed by atoms with van der Waals surface area (Å²) in [6.07, 6.45) is 0.751. The van der Waals surface area contributed by atoms with Gasteiger partial charge in [0.2, 0.25) is 10.0 Å². The molecule has 1 aliphatic heterocycles. The van der Waals surface area contributed by atoms with Crippen molar-refractivity contribution in [3.8, 4) is 5.75 Å². The third-order valence-corrected chi connectivity index (χ3v) is 4.09. The molecule has 0 saturated heterocycles.